The first kappa shape index (κ1) is 13.9. The van der Waals surface area contributed by atoms with Crippen molar-refractivity contribution in [3.8, 4) is 0 Å². The molecule has 2 heterocycles. The number of amides is 1. The highest BCUT2D eigenvalue weighted by atomic mass is 16.4. The number of carbonyl (C=O) groups is 2. The van der Waals surface area contributed by atoms with Crippen molar-refractivity contribution < 1.29 is 14.7 Å². The average Bonchev–Trinajstić information content (AvgIpc) is 3.06. The molecule has 0 radical (unpaired) electrons. The number of carboxylic acids is 1. The number of rotatable bonds is 3. The van der Waals surface area contributed by atoms with Crippen LogP contribution in [0.25, 0.3) is 0 Å². The Balaban J connectivity index is 1.60. The monoisotopic (exact) mass is 280 g/mol. The van der Waals surface area contributed by atoms with Crippen LogP contribution in [0.15, 0.2) is 0 Å². The van der Waals surface area contributed by atoms with Crippen LogP contribution >= 0.6 is 0 Å². The number of piperidine rings is 1. The van der Waals surface area contributed by atoms with Gasteiger partial charge in [-0.3, -0.25) is 14.5 Å². The van der Waals surface area contributed by atoms with Gasteiger partial charge in [-0.2, -0.15) is 0 Å². The Hall–Kier alpha value is -1.10. The molecule has 0 spiro atoms. The van der Waals surface area contributed by atoms with Gasteiger partial charge in [-0.05, 0) is 38.6 Å². The summed E-state index contributed by atoms with van der Waals surface area (Å²) in [5.74, 6) is -1.62. The van der Waals surface area contributed by atoms with Gasteiger partial charge < -0.3 is 10.4 Å². The maximum atomic E-state index is 12.4. The normalized spacial score (nSPS) is 37.6. The van der Waals surface area contributed by atoms with Gasteiger partial charge >= 0.3 is 5.97 Å². The number of aliphatic carboxylic acids is 1. The minimum Gasteiger partial charge on any atom is -0.481 e. The van der Waals surface area contributed by atoms with Crippen LogP contribution in [0, 0.1) is 11.8 Å². The van der Waals surface area contributed by atoms with Crippen LogP contribution in [-0.4, -0.2) is 47.1 Å². The van der Waals surface area contributed by atoms with Crippen molar-refractivity contribution in [1.29, 1.82) is 0 Å². The van der Waals surface area contributed by atoms with Crippen molar-refractivity contribution >= 4 is 11.9 Å². The molecule has 0 bridgehead atoms. The predicted octanol–water partition coefficient (Wildman–Crippen LogP) is 1.23. The molecule has 0 aromatic rings. The number of nitrogens with one attached hydrogen (secondary N) is 1. The lowest BCUT2D eigenvalue weighted by Crippen LogP contribution is -2.49. The minimum absolute atomic E-state index is 0.0210. The van der Waals surface area contributed by atoms with Gasteiger partial charge in [0.25, 0.3) is 0 Å². The van der Waals surface area contributed by atoms with Crippen LogP contribution in [0.3, 0.4) is 0 Å². The summed E-state index contributed by atoms with van der Waals surface area (Å²) in [5.41, 5.74) is 0. The maximum absolute atomic E-state index is 12.4. The van der Waals surface area contributed by atoms with E-state index in [-0.39, 0.29) is 17.9 Å². The van der Waals surface area contributed by atoms with E-state index >= 15 is 0 Å². The SMILES string of the molecule is O=C(O)[C@H]1CCC[C@H]1C(=O)NC1CCN2CCCCC12. The molecule has 1 aliphatic carbocycles. The molecule has 5 heteroatoms. The first-order valence-electron chi connectivity index (χ1n) is 7.94. The summed E-state index contributed by atoms with van der Waals surface area (Å²) in [7, 11) is 0. The lowest BCUT2D eigenvalue weighted by Gasteiger charge is -2.33. The molecule has 2 aliphatic heterocycles. The molecule has 5 nitrogen and oxygen atoms in total. The van der Waals surface area contributed by atoms with E-state index in [1.54, 1.807) is 0 Å². The molecule has 3 rings (SSSR count). The van der Waals surface area contributed by atoms with Gasteiger partial charge in [0, 0.05) is 18.6 Å². The number of carboxylic acid groups (broad SMARTS) is 1. The van der Waals surface area contributed by atoms with Crippen LogP contribution in [0.5, 0.6) is 0 Å². The molecule has 3 aliphatic rings. The quantitative estimate of drug-likeness (QED) is 0.816. The lowest BCUT2D eigenvalue weighted by atomic mass is 9.93. The van der Waals surface area contributed by atoms with Crippen molar-refractivity contribution in [2.75, 3.05) is 13.1 Å². The molecule has 2 N–H and O–H groups in total. The number of hydrogen-bond donors (Lipinski definition) is 2. The molecule has 1 saturated carbocycles. The third kappa shape index (κ3) is 2.55. The lowest BCUT2D eigenvalue weighted by molar-refractivity contribution is -0.146. The number of nitrogens with zero attached hydrogens (tertiary/aromatic N) is 1. The first-order valence-corrected chi connectivity index (χ1v) is 7.94. The number of hydrogen-bond acceptors (Lipinski definition) is 3. The van der Waals surface area contributed by atoms with E-state index in [2.05, 4.69) is 10.2 Å². The van der Waals surface area contributed by atoms with Gasteiger partial charge in [-0.1, -0.05) is 12.8 Å². The van der Waals surface area contributed by atoms with E-state index in [1.807, 2.05) is 0 Å². The van der Waals surface area contributed by atoms with Gasteiger partial charge in [0.05, 0.1) is 11.8 Å². The number of carbonyl (C=O) groups excluding carboxylic acids is 1. The molecular formula is C15H24N2O3. The van der Waals surface area contributed by atoms with Gasteiger partial charge in [0.15, 0.2) is 0 Å². The van der Waals surface area contributed by atoms with Gasteiger partial charge in [0.2, 0.25) is 5.91 Å². The zero-order chi connectivity index (χ0) is 14.1. The molecule has 2 unspecified atom stereocenters. The third-order valence-electron chi connectivity index (χ3n) is 5.35. The summed E-state index contributed by atoms with van der Waals surface area (Å²) in [6, 6.07) is 0.718. The van der Waals surface area contributed by atoms with Crippen molar-refractivity contribution in [3.05, 3.63) is 0 Å². The Morgan fingerprint density at radius 2 is 1.75 bits per heavy atom. The summed E-state index contributed by atoms with van der Waals surface area (Å²) < 4.78 is 0. The fourth-order valence-corrected chi connectivity index (χ4v) is 4.27. The van der Waals surface area contributed by atoms with Gasteiger partial charge in [-0.15, -0.1) is 0 Å². The summed E-state index contributed by atoms with van der Waals surface area (Å²) >= 11 is 0. The maximum Gasteiger partial charge on any atom is 0.307 e. The molecule has 0 aromatic heterocycles. The van der Waals surface area contributed by atoms with Crippen LogP contribution < -0.4 is 5.32 Å². The van der Waals surface area contributed by atoms with Crippen LogP contribution in [0.2, 0.25) is 0 Å². The molecule has 4 atom stereocenters. The molecule has 2 saturated heterocycles. The zero-order valence-electron chi connectivity index (χ0n) is 11.9. The fraction of sp³-hybridized carbons (Fsp3) is 0.867. The van der Waals surface area contributed by atoms with E-state index in [1.165, 1.54) is 12.8 Å². The van der Waals surface area contributed by atoms with Gasteiger partial charge in [-0.25, -0.2) is 0 Å². The second-order valence-electron chi connectivity index (χ2n) is 6.48. The average molecular weight is 280 g/mol. The minimum atomic E-state index is -0.812. The Morgan fingerprint density at radius 1 is 0.950 bits per heavy atom. The molecular weight excluding hydrogens is 256 g/mol. The summed E-state index contributed by atoms with van der Waals surface area (Å²) in [6.45, 7) is 2.22. The summed E-state index contributed by atoms with van der Waals surface area (Å²) in [5, 5.41) is 12.4. The Bertz CT molecular complexity index is 399. The molecule has 20 heavy (non-hydrogen) atoms. The Kier molecular flexibility index (Phi) is 3.96. The van der Waals surface area contributed by atoms with Crippen LogP contribution in [0.1, 0.15) is 44.9 Å². The zero-order valence-corrected chi connectivity index (χ0v) is 11.9. The van der Waals surface area contributed by atoms with E-state index in [0.29, 0.717) is 12.5 Å². The van der Waals surface area contributed by atoms with Gasteiger partial charge in [0.1, 0.15) is 0 Å². The molecule has 3 fully saturated rings. The van der Waals surface area contributed by atoms with Crippen molar-refractivity contribution in [3.63, 3.8) is 0 Å². The van der Waals surface area contributed by atoms with Crippen LogP contribution in [0.4, 0.5) is 0 Å². The van der Waals surface area contributed by atoms with Crippen molar-refractivity contribution in [2.45, 2.75) is 57.0 Å². The molecule has 0 aromatic carbocycles. The van der Waals surface area contributed by atoms with Crippen LogP contribution in [-0.2, 0) is 9.59 Å². The second kappa shape index (κ2) is 5.72. The molecule has 112 valence electrons. The van der Waals surface area contributed by atoms with E-state index < -0.39 is 11.9 Å². The largest absolute Gasteiger partial charge is 0.481 e. The highest BCUT2D eigenvalue weighted by molar-refractivity contribution is 5.85. The van der Waals surface area contributed by atoms with E-state index in [9.17, 15) is 14.7 Å². The third-order valence-corrected chi connectivity index (χ3v) is 5.35. The van der Waals surface area contributed by atoms with Crippen molar-refractivity contribution in [1.82, 2.24) is 10.2 Å². The Morgan fingerprint density at radius 3 is 2.55 bits per heavy atom. The van der Waals surface area contributed by atoms with E-state index in [4.69, 9.17) is 0 Å². The van der Waals surface area contributed by atoms with E-state index in [0.717, 1.165) is 38.8 Å². The molecule has 1 amide bonds. The fourth-order valence-electron chi connectivity index (χ4n) is 4.27. The first-order chi connectivity index (χ1) is 9.66. The summed E-state index contributed by atoms with van der Waals surface area (Å²) in [4.78, 5) is 26.1. The Labute approximate surface area is 119 Å². The highest BCUT2D eigenvalue weighted by Crippen LogP contribution is 2.33. The standard InChI is InChI=1S/C15H24N2O3/c18-14(10-4-3-5-11(10)15(19)20)16-12-7-9-17-8-2-1-6-13(12)17/h10-13H,1-9H2,(H,16,18)(H,19,20)/t10-,11+,12?,13?/m1/s1. The second-order valence-corrected chi connectivity index (χ2v) is 6.48. The number of fused-ring (bicyclic) bond motifs is 1. The topological polar surface area (TPSA) is 69.6 Å². The smallest absolute Gasteiger partial charge is 0.307 e. The predicted molar refractivity (Wildman–Crippen MR) is 74.2 cm³/mol. The highest BCUT2D eigenvalue weighted by Gasteiger charge is 2.41. The summed E-state index contributed by atoms with van der Waals surface area (Å²) in [6.07, 6.45) is 6.92. The van der Waals surface area contributed by atoms with Crippen molar-refractivity contribution in [2.24, 2.45) is 11.8 Å².